The quantitative estimate of drug-likeness (QED) is 0.823. The highest BCUT2D eigenvalue weighted by Gasteiger charge is 2.11. The van der Waals surface area contributed by atoms with Crippen molar-refractivity contribution < 1.29 is 9.53 Å². The zero-order chi connectivity index (χ0) is 15.1. The summed E-state index contributed by atoms with van der Waals surface area (Å²) in [5.74, 6) is 0.426. The molecule has 0 unspecified atom stereocenters. The first kappa shape index (κ1) is 14.9. The predicted molar refractivity (Wildman–Crippen MR) is 84.5 cm³/mol. The summed E-state index contributed by atoms with van der Waals surface area (Å²) in [6.07, 6.45) is 1.65. The molecule has 0 saturated heterocycles. The van der Waals surface area contributed by atoms with Gasteiger partial charge in [0.15, 0.2) is 0 Å². The third kappa shape index (κ3) is 4.21. The summed E-state index contributed by atoms with van der Waals surface area (Å²) in [6.45, 7) is 6.50. The summed E-state index contributed by atoms with van der Waals surface area (Å²) in [7, 11) is 0. The lowest BCUT2D eigenvalue weighted by Gasteiger charge is -2.11. The highest BCUT2D eigenvalue weighted by Crippen LogP contribution is 2.19. The summed E-state index contributed by atoms with van der Waals surface area (Å²) in [5, 5.41) is 2.76. The second kappa shape index (κ2) is 7.29. The second-order valence-electron chi connectivity index (χ2n) is 4.77. The smallest absolute Gasteiger partial charge is 0.255 e. The number of para-hydroxylation sites is 1. The fourth-order valence-electron chi connectivity index (χ4n) is 2.00. The largest absolute Gasteiger partial charge is 0.488 e. The van der Waals surface area contributed by atoms with Gasteiger partial charge in [-0.1, -0.05) is 48.0 Å². The van der Waals surface area contributed by atoms with Crippen LogP contribution in [0.25, 0.3) is 0 Å². The van der Waals surface area contributed by atoms with Crippen molar-refractivity contribution in [2.24, 2.45) is 0 Å². The Morgan fingerprint density at radius 3 is 2.81 bits per heavy atom. The van der Waals surface area contributed by atoms with E-state index in [0.29, 0.717) is 24.5 Å². The predicted octanol–water partition coefficient (Wildman–Crippen LogP) is 3.49. The Hall–Kier alpha value is -2.55. The Balaban J connectivity index is 2.09. The van der Waals surface area contributed by atoms with E-state index in [-0.39, 0.29) is 5.91 Å². The first-order valence-electron chi connectivity index (χ1n) is 6.87. The van der Waals surface area contributed by atoms with Gasteiger partial charge in [0.1, 0.15) is 12.4 Å². The molecule has 1 amide bonds. The topological polar surface area (TPSA) is 38.3 Å². The van der Waals surface area contributed by atoms with E-state index in [9.17, 15) is 4.79 Å². The SMILES string of the molecule is C=CCNC(=O)c1ccccc1OCc1cccc(C)c1. The third-order valence-electron chi connectivity index (χ3n) is 3.02. The zero-order valence-electron chi connectivity index (χ0n) is 12.1. The van der Waals surface area contributed by atoms with Gasteiger partial charge in [-0.25, -0.2) is 0 Å². The number of carbonyl (C=O) groups excluding carboxylic acids is 1. The van der Waals surface area contributed by atoms with Crippen molar-refractivity contribution in [3.8, 4) is 5.75 Å². The maximum atomic E-state index is 12.1. The second-order valence-corrected chi connectivity index (χ2v) is 4.77. The van der Waals surface area contributed by atoms with Crippen molar-refractivity contribution >= 4 is 5.91 Å². The minimum Gasteiger partial charge on any atom is -0.488 e. The van der Waals surface area contributed by atoms with Gasteiger partial charge in [0, 0.05) is 6.54 Å². The van der Waals surface area contributed by atoms with Crippen LogP contribution >= 0.6 is 0 Å². The highest BCUT2D eigenvalue weighted by molar-refractivity contribution is 5.96. The number of amides is 1. The standard InChI is InChI=1S/C18H19NO2/c1-3-11-19-18(20)16-9-4-5-10-17(16)21-13-15-8-6-7-14(2)12-15/h3-10,12H,1,11,13H2,2H3,(H,19,20). The van der Waals surface area contributed by atoms with Crippen LogP contribution in [0.3, 0.4) is 0 Å². The summed E-state index contributed by atoms with van der Waals surface area (Å²) >= 11 is 0. The van der Waals surface area contributed by atoms with Crippen LogP contribution in [0.1, 0.15) is 21.5 Å². The molecule has 3 heteroatoms. The summed E-state index contributed by atoms with van der Waals surface area (Å²) < 4.78 is 5.79. The van der Waals surface area contributed by atoms with Gasteiger partial charge in [-0.2, -0.15) is 0 Å². The molecule has 0 bridgehead atoms. The molecule has 3 nitrogen and oxygen atoms in total. The van der Waals surface area contributed by atoms with Crippen LogP contribution in [0, 0.1) is 6.92 Å². The number of rotatable bonds is 6. The Kier molecular flexibility index (Phi) is 5.16. The van der Waals surface area contributed by atoms with Crippen LogP contribution in [-0.2, 0) is 6.61 Å². The molecular weight excluding hydrogens is 262 g/mol. The maximum Gasteiger partial charge on any atom is 0.255 e. The summed E-state index contributed by atoms with van der Waals surface area (Å²) in [5.41, 5.74) is 2.80. The molecule has 0 fully saturated rings. The van der Waals surface area contributed by atoms with Crippen LogP contribution < -0.4 is 10.1 Å². The van der Waals surface area contributed by atoms with Gasteiger partial charge in [0.25, 0.3) is 5.91 Å². The Morgan fingerprint density at radius 1 is 1.24 bits per heavy atom. The van der Waals surface area contributed by atoms with Gasteiger partial charge in [-0.15, -0.1) is 6.58 Å². The number of carbonyl (C=O) groups is 1. The summed E-state index contributed by atoms with van der Waals surface area (Å²) in [6, 6.07) is 15.4. The minimum atomic E-state index is -0.158. The number of aryl methyl sites for hydroxylation is 1. The molecule has 21 heavy (non-hydrogen) atoms. The Bertz CT molecular complexity index is 635. The molecule has 0 atom stereocenters. The number of nitrogens with one attached hydrogen (secondary N) is 1. The van der Waals surface area contributed by atoms with E-state index >= 15 is 0 Å². The van der Waals surface area contributed by atoms with E-state index in [2.05, 4.69) is 18.0 Å². The van der Waals surface area contributed by atoms with E-state index in [1.165, 1.54) is 5.56 Å². The van der Waals surface area contributed by atoms with E-state index < -0.39 is 0 Å². The van der Waals surface area contributed by atoms with Gasteiger partial charge < -0.3 is 10.1 Å². The van der Waals surface area contributed by atoms with Gasteiger partial charge in [0.2, 0.25) is 0 Å². The highest BCUT2D eigenvalue weighted by atomic mass is 16.5. The molecular formula is C18H19NO2. The first-order chi connectivity index (χ1) is 10.2. The van der Waals surface area contributed by atoms with Gasteiger partial charge in [-0.3, -0.25) is 4.79 Å². The molecule has 2 aromatic carbocycles. The van der Waals surface area contributed by atoms with E-state index in [1.807, 2.05) is 37.3 Å². The molecule has 108 valence electrons. The van der Waals surface area contributed by atoms with Crippen LogP contribution in [0.5, 0.6) is 5.75 Å². The minimum absolute atomic E-state index is 0.158. The van der Waals surface area contributed by atoms with Crippen LogP contribution in [0.15, 0.2) is 61.2 Å². The summed E-state index contributed by atoms with van der Waals surface area (Å²) in [4.78, 5) is 12.1. The molecule has 2 aromatic rings. The molecule has 0 radical (unpaired) electrons. The average Bonchev–Trinajstić information content (AvgIpc) is 2.51. The fourth-order valence-corrected chi connectivity index (χ4v) is 2.00. The fraction of sp³-hybridized carbons (Fsp3) is 0.167. The lowest BCUT2D eigenvalue weighted by Crippen LogP contribution is -2.23. The lowest BCUT2D eigenvalue weighted by atomic mass is 10.1. The number of hydrogen-bond donors (Lipinski definition) is 1. The monoisotopic (exact) mass is 281 g/mol. The van der Waals surface area contributed by atoms with E-state index in [4.69, 9.17) is 4.74 Å². The van der Waals surface area contributed by atoms with Crippen molar-refractivity contribution in [3.05, 3.63) is 77.9 Å². The molecule has 0 heterocycles. The molecule has 0 aliphatic heterocycles. The number of ether oxygens (including phenoxy) is 1. The van der Waals surface area contributed by atoms with Crippen LogP contribution in [-0.4, -0.2) is 12.5 Å². The molecule has 2 rings (SSSR count). The van der Waals surface area contributed by atoms with Crippen LogP contribution in [0.2, 0.25) is 0 Å². The molecule has 0 spiro atoms. The Labute approximate surface area is 125 Å². The number of hydrogen-bond acceptors (Lipinski definition) is 2. The first-order valence-corrected chi connectivity index (χ1v) is 6.87. The maximum absolute atomic E-state index is 12.1. The average molecular weight is 281 g/mol. The normalized spacial score (nSPS) is 9.95. The zero-order valence-corrected chi connectivity index (χ0v) is 12.1. The van der Waals surface area contributed by atoms with Gasteiger partial charge in [-0.05, 0) is 24.6 Å². The molecule has 0 aliphatic carbocycles. The lowest BCUT2D eigenvalue weighted by molar-refractivity contribution is 0.0953. The van der Waals surface area contributed by atoms with Crippen molar-refractivity contribution in [2.45, 2.75) is 13.5 Å². The number of benzene rings is 2. The van der Waals surface area contributed by atoms with Gasteiger partial charge >= 0.3 is 0 Å². The molecule has 0 saturated carbocycles. The van der Waals surface area contributed by atoms with E-state index in [1.54, 1.807) is 18.2 Å². The molecule has 1 N–H and O–H groups in total. The van der Waals surface area contributed by atoms with Crippen LogP contribution in [0.4, 0.5) is 0 Å². The van der Waals surface area contributed by atoms with Crippen molar-refractivity contribution in [1.29, 1.82) is 0 Å². The van der Waals surface area contributed by atoms with Crippen molar-refractivity contribution in [2.75, 3.05) is 6.54 Å². The van der Waals surface area contributed by atoms with Crippen molar-refractivity contribution in [1.82, 2.24) is 5.32 Å². The van der Waals surface area contributed by atoms with E-state index in [0.717, 1.165) is 5.56 Å². The third-order valence-corrected chi connectivity index (χ3v) is 3.02. The molecule has 0 aliphatic rings. The van der Waals surface area contributed by atoms with Crippen molar-refractivity contribution in [3.63, 3.8) is 0 Å². The van der Waals surface area contributed by atoms with Gasteiger partial charge in [0.05, 0.1) is 5.56 Å². The Morgan fingerprint density at radius 2 is 2.05 bits per heavy atom. The molecule has 0 aromatic heterocycles.